The van der Waals surface area contributed by atoms with E-state index in [2.05, 4.69) is 20.1 Å². The van der Waals surface area contributed by atoms with Crippen molar-refractivity contribution in [3.05, 3.63) is 52.7 Å². The van der Waals surface area contributed by atoms with Crippen LogP contribution in [0.5, 0.6) is 5.75 Å². The van der Waals surface area contributed by atoms with Crippen molar-refractivity contribution in [1.29, 1.82) is 0 Å². The van der Waals surface area contributed by atoms with Crippen LogP contribution in [-0.2, 0) is 0 Å². The summed E-state index contributed by atoms with van der Waals surface area (Å²) in [5.41, 5.74) is 9.88. The van der Waals surface area contributed by atoms with Crippen LogP contribution in [0, 0.1) is 0 Å². The van der Waals surface area contributed by atoms with Crippen LogP contribution < -0.4 is 10.1 Å². The van der Waals surface area contributed by atoms with Crippen molar-refractivity contribution in [3.8, 4) is 16.9 Å². The molecule has 2 aromatic rings. The molecule has 3 rings (SSSR count). The van der Waals surface area contributed by atoms with Gasteiger partial charge in [0.25, 0.3) is 5.91 Å². The molecule has 0 fully saturated rings. The number of carbonyl (C=O) groups excluding carboxylic acids is 1. The topological polar surface area (TPSA) is 92.0 Å². The summed E-state index contributed by atoms with van der Waals surface area (Å²) in [6, 6.07) is 7.08. The smallest absolute Gasteiger partial charge is 0.406 e. The summed E-state index contributed by atoms with van der Waals surface area (Å²) in [4.78, 5) is 14.8. The minimum absolute atomic E-state index is 0.100. The highest BCUT2D eigenvalue weighted by Gasteiger charge is 2.31. The first-order valence-electron chi connectivity index (χ1n) is 7.74. The molecule has 0 spiro atoms. The highest BCUT2D eigenvalue weighted by molar-refractivity contribution is 5.95. The Labute approximate surface area is 146 Å². The number of hydrogen-bond donors (Lipinski definition) is 1. The third kappa shape index (κ3) is 3.92. The first-order chi connectivity index (χ1) is 12.4. The van der Waals surface area contributed by atoms with Crippen molar-refractivity contribution in [2.24, 2.45) is 5.11 Å². The summed E-state index contributed by atoms with van der Waals surface area (Å²) in [6.07, 6.45) is -2.53. The van der Waals surface area contributed by atoms with E-state index in [9.17, 15) is 18.0 Å². The lowest BCUT2D eigenvalue weighted by Crippen LogP contribution is -2.38. The molecule has 1 aromatic carbocycles. The van der Waals surface area contributed by atoms with Gasteiger partial charge in [-0.1, -0.05) is 17.2 Å². The molecule has 2 heterocycles. The van der Waals surface area contributed by atoms with Gasteiger partial charge in [0.05, 0.1) is 6.04 Å². The fourth-order valence-electron chi connectivity index (χ4n) is 2.89. The molecule has 1 atom stereocenters. The van der Waals surface area contributed by atoms with Gasteiger partial charge in [-0.05, 0) is 35.7 Å². The molecular weight excluding hydrogens is 351 g/mol. The lowest BCUT2D eigenvalue weighted by molar-refractivity contribution is -0.274. The highest BCUT2D eigenvalue weighted by Crippen LogP contribution is 2.31. The average Bonchev–Trinajstić information content (AvgIpc) is 3.02. The van der Waals surface area contributed by atoms with Gasteiger partial charge in [-0.3, -0.25) is 4.79 Å². The van der Waals surface area contributed by atoms with E-state index in [0.29, 0.717) is 29.8 Å². The molecule has 136 valence electrons. The summed E-state index contributed by atoms with van der Waals surface area (Å²) < 4.78 is 42.9. The molecule has 10 heteroatoms. The maximum atomic E-state index is 12.4. The average molecular weight is 365 g/mol. The van der Waals surface area contributed by atoms with Crippen molar-refractivity contribution >= 4 is 5.91 Å². The maximum absolute atomic E-state index is 12.4. The molecule has 1 amide bonds. The van der Waals surface area contributed by atoms with E-state index in [-0.39, 0.29) is 24.2 Å². The Morgan fingerprint density at radius 2 is 2.15 bits per heavy atom. The number of amides is 1. The van der Waals surface area contributed by atoms with Crippen LogP contribution >= 0.6 is 0 Å². The standard InChI is InChI=1S/C16H14F3N5O2/c17-16(18,19)26-13-3-1-2-10(6-13)11-7-14-15(25)21-8-12(24(14)9-11)4-5-22-23-20/h1-3,6-7,9,12H,4-5,8H2,(H,21,25). The van der Waals surface area contributed by atoms with Crippen molar-refractivity contribution in [3.63, 3.8) is 0 Å². The number of benzene rings is 1. The third-order valence-corrected chi connectivity index (χ3v) is 4.00. The highest BCUT2D eigenvalue weighted by atomic mass is 19.4. The van der Waals surface area contributed by atoms with Crippen LogP contribution in [0.2, 0.25) is 0 Å². The van der Waals surface area contributed by atoms with Crippen LogP contribution in [-0.4, -0.2) is 29.9 Å². The summed E-state index contributed by atoms with van der Waals surface area (Å²) in [5.74, 6) is -0.595. The van der Waals surface area contributed by atoms with E-state index < -0.39 is 6.36 Å². The second-order valence-electron chi connectivity index (χ2n) is 5.70. The minimum atomic E-state index is -4.77. The quantitative estimate of drug-likeness (QED) is 0.492. The van der Waals surface area contributed by atoms with E-state index in [0.717, 1.165) is 0 Å². The fraction of sp³-hybridized carbons (Fsp3) is 0.312. The lowest BCUT2D eigenvalue weighted by Gasteiger charge is -2.25. The molecule has 1 unspecified atom stereocenters. The van der Waals surface area contributed by atoms with E-state index in [1.807, 2.05) is 0 Å². The predicted octanol–water partition coefficient (Wildman–Crippen LogP) is 4.04. The van der Waals surface area contributed by atoms with E-state index in [1.165, 1.54) is 18.2 Å². The largest absolute Gasteiger partial charge is 0.573 e. The van der Waals surface area contributed by atoms with Gasteiger partial charge in [0.15, 0.2) is 0 Å². The number of hydrogen-bond acceptors (Lipinski definition) is 3. The van der Waals surface area contributed by atoms with Crippen LogP contribution in [0.15, 0.2) is 41.6 Å². The molecule has 0 aliphatic carbocycles. The molecular formula is C16H14F3N5O2. The molecule has 7 nitrogen and oxygen atoms in total. The number of rotatable bonds is 5. The Hall–Kier alpha value is -3.13. The Morgan fingerprint density at radius 3 is 2.88 bits per heavy atom. The van der Waals surface area contributed by atoms with Gasteiger partial charge in [0, 0.05) is 29.8 Å². The second-order valence-corrected chi connectivity index (χ2v) is 5.70. The molecule has 1 N–H and O–H groups in total. The summed E-state index contributed by atoms with van der Waals surface area (Å²) in [5, 5.41) is 6.25. The first-order valence-corrected chi connectivity index (χ1v) is 7.74. The Balaban J connectivity index is 1.91. The number of nitrogens with one attached hydrogen (secondary N) is 1. The van der Waals surface area contributed by atoms with Crippen molar-refractivity contribution < 1.29 is 22.7 Å². The van der Waals surface area contributed by atoms with Gasteiger partial charge in [-0.2, -0.15) is 0 Å². The minimum Gasteiger partial charge on any atom is -0.406 e. The number of aromatic nitrogens is 1. The zero-order chi connectivity index (χ0) is 18.7. The molecule has 26 heavy (non-hydrogen) atoms. The van der Waals surface area contributed by atoms with Crippen LogP contribution in [0.1, 0.15) is 23.0 Å². The Morgan fingerprint density at radius 1 is 1.35 bits per heavy atom. The normalized spacial score (nSPS) is 16.4. The monoisotopic (exact) mass is 365 g/mol. The lowest BCUT2D eigenvalue weighted by atomic mass is 10.1. The van der Waals surface area contributed by atoms with Crippen molar-refractivity contribution in [1.82, 2.24) is 9.88 Å². The van der Waals surface area contributed by atoms with E-state index >= 15 is 0 Å². The number of alkyl halides is 3. The Bertz CT molecular complexity index is 871. The van der Waals surface area contributed by atoms with Crippen LogP contribution in [0.25, 0.3) is 21.6 Å². The summed E-state index contributed by atoms with van der Waals surface area (Å²) in [7, 11) is 0. The maximum Gasteiger partial charge on any atom is 0.573 e. The SMILES string of the molecule is [N-]=[N+]=NCCC1CNC(=O)c2cc(-c3cccc(OC(F)(F)F)c3)cn21. The van der Waals surface area contributed by atoms with Crippen molar-refractivity contribution in [2.75, 3.05) is 13.1 Å². The first kappa shape index (κ1) is 17.7. The number of halogens is 3. The third-order valence-electron chi connectivity index (χ3n) is 4.00. The second kappa shape index (κ2) is 7.01. The van der Waals surface area contributed by atoms with Crippen LogP contribution in [0.3, 0.4) is 0 Å². The van der Waals surface area contributed by atoms with Gasteiger partial charge in [0.1, 0.15) is 11.4 Å². The zero-order valence-electron chi connectivity index (χ0n) is 13.4. The summed E-state index contributed by atoms with van der Waals surface area (Å²) in [6.45, 7) is 0.664. The molecule has 0 radical (unpaired) electrons. The van der Waals surface area contributed by atoms with E-state index in [4.69, 9.17) is 5.53 Å². The summed E-state index contributed by atoms with van der Waals surface area (Å²) >= 11 is 0. The molecule has 0 bridgehead atoms. The molecule has 1 aliphatic rings. The predicted molar refractivity (Wildman–Crippen MR) is 86.6 cm³/mol. The number of fused-ring (bicyclic) bond motifs is 1. The van der Waals surface area contributed by atoms with Gasteiger partial charge in [0.2, 0.25) is 0 Å². The fourth-order valence-corrected chi connectivity index (χ4v) is 2.89. The van der Waals surface area contributed by atoms with Crippen LogP contribution in [0.4, 0.5) is 13.2 Å². The van der Waals surface area contributed by atoms with Gasteiger partial charge in [-0.15, -0.1) is 13.2 Å². The number of carbonyl (C=O) groups is 1. The molecule has 0 saturated carbocycles. The number of ether oxygens (including phenoxy) is 1. The van der Waals surface area contributed by atoms with Gasteiger partial charge in [-0.25, -0.2) is 0 Å². The van der Waals surface area contributed by atoms with Gasteiger partial charge < -0.3 is 14.6 Å². The molecule has 0 saturated heterocycles. The Kier molecular flexibility index (Phi) is 4.77. The zero-order valence-corrected chi connectivity index (χ0v) is 13.4. The molecule has 1 aromatic heterocycles. The van der Waals surface area contributed by atoms with E-state index in [1.54, 1.807) is 22.9 Å². The van der Waals surface area contributed by atoms with Crippen molar-refractivity contribution in [2.45, 2.75) is 18.8 Å². The van der Waals surface area contributed by atoms with Gasteiger partial charge >= 0.3 is 6.36 Å². The molecule has 1 aliphatic heterocycles. The number of nitrogens with zero attached hydrogens (tertiary/aromatic N) is 4. The number of azide groups is 1.